The van der Waals surface area contributed by atoms with Gasteiger partial charge in [-0.2, -0.15) is 13.2 Å². The number of nitrogens with one attached hydrogen (secondary N) is 1. The Labute approximate surface area is 140 Å². The van der Waals surface area contributed by atoms with Crippen LogP contribution in [-0.2, 0) is 6.18 Å². The Bertz CT molecular complexity index is 892. The van der Waals surface area contributed by atoms with Crippen LogP contribution < -0.4 is 5.32 Å². The molecule has 3 aromatic rings. The summed E-state index contributed by atoms with van der Waals surface area (Å²) < 4.78 is 39.2. The highest BCUT2D eigenvalue weighted by Gasteiger charge is 2.31. The zero-order valence-electron chi connectivity index (χ0n) is 12.9. The lowest BCUT2D eigenvalue weighted by molar-refractivity contribution is -0.137. The van der Waals surface area contributed by atoms with E-state index in [0.29, 0.717) is 5.13 Å². The molecule has 0 saturated carbocycles. The molecular weight excluding hydrogens is 337 g/mol. The van der Waals surface area contributed by atoms with Gasteiger partial charge in [0.05, 0.1) is 15.8 Å². The Hall–Kier alpha value is -2.41. The summed E-state index contributed by atoms with van der Waals surface area (Å²) in [6.07, 6.45) is -4.49. The van der Waals surface area contributed by atoms with E-state index < -0.39 is 17.6 Å². The zero-order chi connectivity index (χ0) is 17.5. The molecule has 2 aromatic carbocycles. The molecule has 0 aliphatic rings. The maximum absolute atomic E-state index is 12.7. The van der Waals surface area contributed by atoms with E-state index in [1.165, 1.54) is 23.5 Å². The number of carbonyl (C=O) groups is 1. The minimum atomic E-state index is -4.49. The van der Waals surface area contributed by atoms with Gasteiger partial charge >= 0.3 is 6.18 Å². The number of anilines is 1. The first-order chi connectivity index (χ1) is 11.3. The van der Waals surface area contributed by atoms with Gasteiger partial charge in [-0.25, -0.2) is 4.98 Å². The Morgan fingerprint density at radius 3 is 2.50 bits per heavy atom. The maximum Gasteiger partial charge on any atom is 0.416 e. The predicted molar refractivity (Wildman–Crippen MR) is 88.5 cm³/mol. The second-order valence-corrected chi connectivity index (χ2v) is 6.43. The van der Waals surface area contributed by atoms with Crippen molar-refractivity contribution in [2.24, 2.45) is 0 Å². The first-order valence-electron chi connectivity index (χ1n) is 7.11. The lowest BCUT2D eigenvalue weighted by atomic mass is 10.1. The molecule has 0 atom stereocenters. The first kappa shape index (κ1) is 16.4. The summed E-state index contributed by atoms with van der Waals surface area (Å²) in [7, 11) is 0. The molecule has 1 aromatic heterocycles. The molecule has 0 aliphatic carbocycles. The lowest BCUT2D eigenvalue weighted by Crippen LogP contribution is -2.13. The van der Waals surface area contributed by atoms with Crippen LogP contribution in [0.5, 0.6) is 0 Å². The van der Waals surface area contributed by atoms with Crippen molar-refractivity contribution in [3.63, 3.8) is 0 Å². The van der Waals surface area contributed by atoms with Crippen LogP contribution >= 0.6 is 11.3 Å². The number of benzene rings is 2. The van der Waals surface area contributed by atoms with Crippen LogP contribution in [-0.4, -0.2) is 10.9 Å². The highest BCUT2D eigenvalue weighted by atomic mass is 32.1. The van der Waals surface area contributed by atoms with Gasteiger partial charge in [0.25, 0.3) is 5.91 Å². The molecule has 7 heteroatoms. The number of hydrogen-bond acceptors (Lipinski definition) is 3. The van der Waals surface area contributed by atoms with Crippen molar-refractivity contribution in [3.8, 4) is 0 Å². The molecule has 1 heterocycles. The number of amides is 1. The summed E-state index contributed by atoms with van der Waals surface area (Å²) in [4.78, 5) is 16.6. The standard InChI is InChI=1S/C17H13F3N2OS/c1-9-6-7-10(2)14-13(9)21-16(24-14)22-15(23)11-4-3-5-12(8-11)17(18,19)20/h3-8H,1-2H3,(H,21,22,23). The van der Waals surface area contributed by atoms with E-state index in [0.717, 1.165) is 33.5 Å². The average molecular weight is 350 g/mol. The largest absolute Gasteiger partial charge is 0.416 e. The van der Waals surface area contributed by atoms with Gasteiger partial charge in [-0.05, 0) is 43.2 Å². The second-order valence-electron chi connectivity index (χ2n) is 5.43. The van der Waals surface area contributed by atoms with Crippen LogP contribution in [0.3, 0.4) is 0 Å². The van der Waals surface area contributed by atoms with Crippen molar-refractivity contribution < 1.29 is 18.0 Å². The van der Waals surface area contributed by atoms with Gasteiger partial charge in [-0.15, -0.1) is 0 Å². The summed E-state index contributed by atoms with van der Waals surface area (Å²) in [5, 5.41) is 2.95. The Morgan fingerprint density at radius 2 is 1.83 bits per heavy atom. The van der Waals surface area contributed by atoms with Crippen LogP contribution in [0.15, 0.2) is 36.4 Å². The minimum Gasteiger partial charge on any atom is -0.298 e. The van der Waals surface area contributed by atoms with Crippen molar-refractivity contribution in [2.75, 3.05) is 5.32 Å². The highest BCUT2D eigenvalue weighted by Crippen LogP contribution is 2.32. The zero-order valence-corrected chi connectivity index (χ0v) is 13.7. The molecule has 3 nitrogen and oxygen atoms in total. The SMILES string of the molecule is Cc1ccc(C)c2sc(NC(=O)c3cccc(C(F)(F)F)c3)nc12. The van der Waals surface area contributed by atoms with Crippen molar-refractivity contribution >= 4 is 32.6 Å². The number of hydrogen-bond donors (Lipinski definition) is 1. The Morgan fingerprint density at radius 1 is 1.12 bits per heavy atom. The number of rotatable bonds is 2. The summed E-state index contributed by atoms with van der Waals surface area (Å²) >= 11 is 1.31. The lowest BCUT2D eigenvalue weighted by Gasteiger charge is -2.08. The monoisotopic (exact) mass is 350 g/mol. The van der Waals surface area contributed by atoms with Crippen molar-refractivity contribution in [2.45, 2.75) is 20.0 Å². The summed E-state index contributed by atoms with van der Waals surface area (Å²) in [6, 6.07) is 8.23. The van der Waals surface area contributed by atoms with Crippen LogP contribution in [0.1, 0.15) is 27.0 Å². The molecule has 0 spiro atoms. The molecular formula is C17H13F3N2OS. The molecule has 3 rings (SSSR count). The van der Waals surface area contributed by atoms with E-state index in [4.69, 9.17) is 0 Å². The fraction of sp³-hybridized carbons (Fsp3) is 0.176. The van der Waals surface area contributed by atoms with E-state index in [1.54, 1.807) is 0 Å². The molecule has 0 bridgehead atoms. The second kappa shape index (κ2) is 5.90. The van der Waals surface area contributed by atoms with Gasteiger partial charge in [0.15, 0.2) is 5.13 Å². The summed E-state index contributed by atoms with van der Waals surface area (Å²) in [5.74, 6) is -0.615. The molecule has 0 fully saturated rings. The van der Waals surface area contributed by atoms with Gasteiger partial charge < -0.3 is 0 Å². The highest BCUT2D eigenvalue weighted by molar-refractivity contribution is 7.22. The Kier molecular flexibility index (Phi) is 4.04. The fourth-order valence-electron chi connectivity index (χ4n) is 2.32. The molecule has 124 valence electrons. The third kappa shape index (κ3) is 3.12. The van der Waals surface area contributed by atoms with Crippen LogP contribution in [0.2, 0.25) is 0 Å². The number of nitrogens with zero attached hydrogens (tertiary/aromatic N) is 1. The van der Waals surface area contributed by atoms with Crippen LogP contribution in [0, 0.1) is 13.8 Å². The molecule has 0 aliphatic heterocycles. The number of aromatic nitrogens is 1. The van der Waals surface area contributed by atoms with Gasteiger partial charge in [0.1, 0.15) is 0 Å². The van der Waals surface area contributed by atoms with Crippen molar-refractivity contribution in [3.05, 3.63) is 58.7 Å². The first-order valence-corrected chi connectivity index (χ1v) is 7.93. The molecule has 1 N–H and O–H groups in total. The smallest absolute Gasteiger partial charge is 0.298 e. The maximum atomic E-state index is 12.7. The van der Waals surface area contributed by atoms with Gasteiger partial charge in [0, 0.05) is 5.56 Å². The number of halogens is 3. The summed E-state index contributed by atoms with van der Waals surface area (Å²) in [6.45, 7) is 3.86. The number of carbonyl (C=O) groups excluding carboxylic acids is 1. The third-order valence-electron chi connectivity index (χ3n) is 3.61. The Balaban J connectivity index is 1.90. The predicted octanol–water partition coefficient (Wildman–Crippen LogP) is 5.18. The minimum absolute atomic E-state index is 0.0578. The summed E-state index contributed by atoms with van der Waals surface area (Å²) in [5.41, 5.74) is 1.89. The van der Waals surface area contributed by atoms with Crippen molar-refractivity contribution in [1.29, 1.82) is 0 Å². The van der Waals surface area contributed by atoms with E-state index in [1.807, 2.05) is 26.0 Å². The van der Waals surface area contributed by atoms with E-state index in [-0.39, 0.29) is 5.56 Å². The quantitative estimate of drug-likeness (QED) is 0.691. The van der Waals surface area contributed by atoms with E-state index >= 15 is 0 Å². The van der Waals surface area contributed by atoms with Crippen LogP contribution in [0.25, 0.3) is 10.2 Å². The van der Waals surface area contributed by atoms with Gasteiger partial charge in [0.2, 0.25) is 0 Å². The van der Waals surface area contributed by atoms with Crippen LogP contribution in [0.4, 0.5) is 18.3 Å². The normalized spacial score (nSPS) is 11.7. The number of thiazole rings is 1. The molecule has 1 amide bonds. The van der Waals surface area contributed by atoms with Gasteiger partial charge in [-0.1, -0.05) is 29.5 Å². The van der Waals surface area contributed by atoms with Gasteiger partial charge in [-0.3, -0.25) is 10.1 Å². The number of alkyl halides is 3. The van der Waals surface area contributed by atoms with E-state index in [9.17, 15) is 18.0 Å². The average Bonchev–Trinajstić information content (AvgIpc) is 2.95. The molecule has 24 heavy (non-hydrogen) atoms. The molecule has 0 unspecified atom stereocenters. The topological polar surface area (TPSA) is 42.0 Å². The number of aryl methyl sites for hydroxylation is 2. The third-order valence-corrected chi connectivity index (χ3v) is 4.72. The van der Waals surface area contributed by atoms with Crippen molar-refractivity contribution in [1.82, 2.24) is 4.98 Å². The van der Waals surface area contributed by atoms with E-state index in [2.05, 4.69) is 10.3 Å². The molecule has 0 radical (unpaired) electrons. The number of fused-ring (bicyclic) bond motifs is 1. The fourth-order valence-corrected chi connectivity index (χ4v) is 3.33. The molecule has 0 saturated heterocycles.